The third kappa shape index (κ3) is 3.18. The van der Waals surface area contributed by atoms with Gasteiger partial charge in [-0.05, 0) is 15.9 Å². The van der Waals surface area contributed by atoms with Crippen molar-refractivity contribution in [2.24, 2.45) is 0 Å². The van der Waals surface area contributed by atoms with Crippen LogP contribution in [0.4, 0.5) is 0 Å². The number of aliphatic hydroxyl groups is 1. The molecule has 1 fully saturated rings. The Morgan fingerprint density at radius 2 is 2.05 bits per heavy atom. The van der Waals surface area contributed by atoms with E-state index in [0.29, 0.717) is 13.1 Å². The number of hydrogen-bond acceptors (Lipinski definition) is 5. The second-order valence-corrected chi connectivity index (χ2v) is 9.10. The fourth-order valence-electron chi connectivity index (χ4n) is 2.12. The summed E-state index contributed by atoms with van der Waals surface area (Å²) < 4.78 is 31.9. The number of halogens is 1. The number of aliphatic hydroxyl groups excluding tert-OH is 1. The van der Waals surface area contributed by atoms with Gasteiger partial charge in [-0.3, -0.25) is 0 Å². The van der Waals surface area contributed by atoms with Crippen LogP contribution in [-0.4, -0.2) is 41.4 Å². The second kappa shape index (κ2) is 5.77. The van der Waals surface area contributed by atoms with Crippen molar-refractivity contribution < 1.29 is 17.9 Å². The van der Waals surface area contributed by atoms with Gasteiger partial charge in [0.25, 0.3) is 0 Å². The number of sulfonamides is 1. The van der Waals surface area contributed by atoms with Crippen molar-refractivity contribution in [2.45, 2.75) is 35.8 Å². The molecule has 5 nitrogen and oxygen atoms in total. The van der Waals surface area contributed by atoms with Gasteiger partial charge in [0.05, 0.1) is 0 Å². The Labute approximate surface area is 125 Å². The van der Waals surface area contributed by atoms with Crippen LogP contribution in [0.5, 0.6) is 0 Å². The Morgan fingerprint density at radius 1 is 1.47 bits per heavy atom. The van der Waals surface area contributed by atoms with Crippen molar-refractivity contribution >= 4 is 37.7 Å². The fraction of sp³-hybridized carbons (Fsp3) is 0.636. The van der Waals surface area contributed by atoms with Gasteiger partial charge in [-0.25, -0.2) is 8.42 Å². The summed E-state index contributed by atoms with van der Waals surface area (Å²) in [6.45, 7) is 4.70. The number of furan rings is 1. The van der Waals surface area contributed by atoms with Gasteiger partial charge in [-0.1, -0.05) is 13.8 Å². The van der Waals surface area contributed by atoms with Crippen molar-refractivity contribution in [2.75, 3.05) is 13.1 Å². The lowest BCUT2D eigenvalue weighted by Gasteiger charge is -2.33. The van der Waals surface area contributed by atoms with Crippen LogP contribution in [0.2, 0.25) is 0 Å². The number of rotatable bonds is 3. The molecule has 0 radical (unpaired) electrons. The van der Waals surface area contributed by atoms with Gasteiger partial charge in [0.15, 0.2) is 4.67 Å². The van der Waals surface area contributed by atoms with E-state index < -0.39 is 10.0 Å². The molecular formula is C11H16BrNO4S2. The number of nitrogens with zero attached hydrogens (tertiary/aromatic N) is 1. The predicted octanol–water partition coefficient (Wildman–Crippen LogP) is 2.05. The summed E-state index contributed by atoms with van der Waals surface area (Å²) in [5.41, 5.74) is 0. The van der Waals surface area contributed by atoms with Crippen LogP contribution in [0.1, 0.15) is 19.6 Å². The molecule has 1 N–H and O–H groups in total. The highest BCUT2D eigenvalue weighted by Gasteiger charge is 2.34. The Hall–Kier alpha value is -0.0200. The van der Waals surface area contributed by atoms with Crippen molar-refractivity contribution in [3.05, 3.63) is 16.5 Å². The van der Waals surface area contributed by atoms with E-state index >= 15 is 0 Å². The van der Waals surface area contributed by atoms with Crippen molar-refractivity contribution in [3.8, 4) is 0 Å². The van der Waals surface area contributed by atoms with Crippen LogP contribution in [0, 0.1) is 0 Å². The van der Waals surface area contributed by atoms with E-state index in [-0.39, 0.29) is 32.4 Å². The monoisotopic (exact) mass is 369 g/mol. The quantitative estimate of drug-likeness (QED) is 0.882. The standard InChI is InChI=1S/C11H16BrNO4S2/c1-7-4-13(5-8(2)18-7)19(15,16)10-3-9(6-14)17-11(10)12/h3,7-8,14H,4-6H2,1-2H3. The van der Waals surface area contributed by atoms with Gasteiger partial charge in [0.1, 0.15) is 17.3 Å². The van der Waals surface area contributed by atoms with E-state index in [4.69, 9.17) is 9.52 Å². The van der Waals surface area contributed by atoms with Crippen LogP contribution in [0.25, 0.3) is 0 Å². The highest BCUT2D eigenvalue weighted by Crippen LogP contribution is 2.33. The maximum Gasteiger partial charge on any atom is 0.247 e. The Kier molecular flexibility index (Phi) is 4.67. The molecule has 19 heavy (non-hydrogen) atoms. The van der Waals surface area contributed by atoms with Crippen molar-refractivity contribution in [1.29, 1.82) is 0 Å². The summed E-state index contributed by atoms with van der Waals surface area (Å²) in [7, 11) is -3.58. The molecule has 1 aliphatic heterocycles. The average molecular weight is 370 g/mol. The first-order chi connectivity index (χ1) is 8.84. The zero-order valence-corrected chi connectivity index (χ0v) is 13.9. The molecular weight excluding hydrogens is 354 g/mol. The smallest absolute Gasteiger partial charge is 0.247 e. The maximum absolute atomic E-state index is 12.6. The summed E-state index contributed by atoms with van der Waals surface area (Å²) in [5.74, 6) is 0.234. The van der Waals surface area contributed by atoms with Gasteiger partial charge >= 0.3 is 0 Å². The first kappa shape index (κ1) is 15.4. The molecule has 0 saturated carbocycles. The maximum atomic E-state index is 12.6. The third-order valence-corrected chi connectivity index (χ3v) is 6.78. The summed E-state index contributed by atoms with van der Waals surface area (Å²) in [4.78, 5) is 0.0860. The molecule has 0 aromatic carbocycles. The Balaban J connectivity index is 2.33. The molecule has 1 aliphatic rings. The molecule has 2 atom stereocenters. The molecule has 2 heterocycles. The van der Waals surface area contributed by atoms with Gasteiger partial charge in [0.2, 0.25) is 10.0 Å². The lowest BCUT2D eigenvalue weighted by molar-refractivity contribution is 0.245. The minimum Gasteiger partial charge on any atom is -0.450 e. The van der Waals surface area contributed by atoms with Gasteiger partial charge in [-0.15, -0.1) is 0 Å². The van der Waals surface area contributed by atoms with Gasteiger partial charge in [-0.2, -0.15) is 16.1 Å². The molecule has 2 unspecified atom stereocenters. The number of thioether (sulfide) groups is 1. The lowest BCUT2D eigenvalue weighted by Crippen LogP contribution is -2.43. The molecule has 0 bridgehead atoms. The van der Waals surface area contributed by atoms with Gasteiger partial charge in [0, 0.05) is 29.7 Å². The summed E-state index contributed by atoms with van der Waals surface area (Å²) in [5, 5.41) is 9.54. The van der Waals surface area contributed by atoms with Crippen LogP contribution < -0.4 is 0 Å². The highest BCUT2D eigenvalue weighted by atomic mass is 79.9. The zero-order chi connectivity index (χ0) is 14.2. The second-order valence-electron chi connectivity index (χ2n) is 4.59. The molecule has 0 spiro atoms. The molecule has 8 heteroatoms. The van der Waals surface area contributed by atoms with E-state index in [1.165, 1.54) is 10.4 Å². The van der Waals surface area contributed by atoms with E-state index in [0.717, 1.165) is 0 Å². The molecule has 1 saturated heterocycles. The van der Waals surface area contributed by atoms with Crippen molar-refractivity contribution in [1.82, 2.24) is 4.31 Å². The normalized spacial score (nSPS) is 25.7. The van der Waals surface area contributed by atoms with Crippen LogP contribution in [-0.2, 0) is 16.6 Å². The SMILES string of the molecule is CC1CN(S(=O)(=O)c2cc(CO)oc2Br)CC(C)S1. The summed E-state index contributed by atoms with van der Waals surface area (Å²) >= 11 is 4.89. The molecule has 2 rings (SSSR count). The lowest BCUT2D eigenvalue weighted by atomic mass is 10.4. The predicted molar refractivity (Wildman–Crippen MR) is 77.6 cm³/mol. The number of hydrogen-bond donors (Lipinski definition) is 1. The van der Waals surface area contributed by atoms with E-state index in [2.05, 4.69) is 15.9 Å². The Bertz CT molecular complexity index is 547. The van der Waals surface area contributed by atoms with E-state index in [1.54, 1.807) is 11.8 Å². The van der Waals surface area contributed by atoms with Gasteiger partial charge < -0.3 is 9.52 Å². The molecule has 108 valence electrons. The molecule has 1 aromatic rings. The van der Waals surface area contributed by atoms with Crippen LogP contribution >= 0.6 is 27.7 Å². The third-order valence-electron chi connectivity index (χ3n) is 2.87. The van der Waals surface area contributed by atoms with Crippen LogP contribution in [0.15, 0.2) is 20.0 Å². The van der Waals surface area contributed by atoms with Crippen molar-refractivity contribution in [3.63, 3.8) is 0 Å². The Morgan fingerprint density at radius 3 is 2.53 bits per heavy atom. The topological polar surface area (TPSA) is 70.8 Å². The molecule has 0 aliphatic carbocycles. The van der Waals surface area contributed by atoms with E-state index in [1.807, 2.05) is 13.8 Å². The average Bonchev–Trinajstić information content (AvgIpc) is 2.70. The molecule has 0 amide bonds. The summed E-state index contributed by atoms with van der Waals surface area (Å²) in [6.07, 6.45) is 0. The molecule has 1 aromatic heterocycles. The minimum absolute atomic E-state index is 0.0860. The zero-order valence-electron chi connectivity index (χ0n) is 10.7. The van der Waals surface area contributed by atoms with Crippen LogP contribution in [0.3, 0.4) is 0 Å². The summed E-state index contributed by atoms with van der Waals surface area (Å²) in [6, 6.07) is 1.37. The largest absolute Gasteiger partial charge is 0.450 e. The van der Waals surface area contributed by atoms with E-state index in [9.17, 15) is 8.42 Å². The first-order valence-electron chi connectivity index (χ1n) is 5.89. The highest BCUT2D eigenvalue weighted by molar-refractivity contribution is 9.10. The fourth-order valence-corrected chi connectivity index (χ4v) is 6.21. The first-order valence-corrected chi connectivity index (χ1v) is 9.07. The minimum atomic E-state index is -3.58.